The molecule has 1 aromatic carbocycles. The van der Waals surface area contributed by atoms with E-state index < -0.39 is 5.91 Å². The average Bonchev–Trinajstić information content (AvgIpc) is 2.79. The highest BCUT2D eigenvalue weighted by Crippen LogP contribution is 2.34. The van der Waals surface area contributed by atoms with Gasteiger partial charge in [0, 0.05) is 17.0 Å². The van der Waals surface area contributed by atoms with Gasteiger partial charge in [-0.05, 0) is 37.7 Å². The third kappa shape index (κ3) is 3.28. The SMILES string of the molecule is CSC1CCC(Nc2c(Cl)cc(N)cc2C(N)=O)C1. The van der Waals surface area contributed by atoms with Crippen LogP contribution in [0.5, 0.6) is 0 Å². The second-order valence-electron chi connectivity index (χ2n) is 4.80. The van der Waals surface area contributed by atoms with Crippen molar-refractivity contribution in [1.82, 2.24) is 0 Å². The molecular formula is C13H18ClN3OS. The molecule has 5 N–H and O–H groups in total. The Bertz CT molecular complexity index is 495. The largest absolute Gasteiger partial charge is 0.399 e. The topological polar surface area (TPSA) is 81.1 Å². The molecule has 0 aliphatic heterocycles. The fraction of sp³-hybridized carbons (Fsp3) is 0.462. The van der Waals surface area contributed by atoms with Crippen LogP contribution in [-0.2, 0) is 0 Å². The Kier molecular flexibility index (Phi) is 4.47. The van der Waals surface area contributed by atoms with E-state index in [1.54, 1.807) is 12.1 Å². The zero-order chi connectivity index (χ0) is 14.0. The summed E-state index contributed by atoms with van der Waals surface area (Å²) in [5.74, 6) is -0.517. The molecule has 6 heteroatoms. The smallest absolute Gasteiger partial charge is 0.250 e. The summed E-state index contributed by atoms with van der Waals surface area (Å²) in [7, 11) is 0. The van der Waals surface area contributed by atoms with Crippen LogP contribution in [0.25, 0.3) is 0 Å². The third-order valence-corrected chi connectivity index (χ3v) is 4.84. The van der Waals surface area contributed by atoms with E-state index in [1.807, 2.05) is 11.8 Å². The Balaban J connectivity index is 2.22. The van der Waals surface area contributed by atoms with Gasteiger partial charge in [0.25, 0.3) is 5.91 Å². The summed E-state index contributed by atoms with van der Waals surface area (Å²) in [5.41, 5.74) is 12.5. The number of carbonyl (C=O) groups is 1. The zero-order valence-corrected chi connectivity index (χ0v) is 12.4. The lowest BCUT2D eigenvalue weighted by molar-refractivity contribution is 0.100. The molecule has 2 rings (SSSR count). The normalized spacial score (nSPS) is 22.4. The summed E-state index contributed by atoms with van der Waals surface area (Å²) < 4.78 is 0. The molecule has 0 saturated heterocycles. The van der Waals surface area contributed by atoms with Crippen molar-refractivity contribution in [3.05, 3.63) is 22.7 Å². The molecule has 19 heavy (non-hydrogen) atoms. The molecule has 2 unspecified atom stereocenters. The number of halogens is 1. The maximum Gasteiger partial charge on any atom is 0.250 e. The minimum absolute atomic E-state index is 0.330. The molecule has 0 aromatic heterocycles. The molecule has 0 radical (unpaired) electrons. The van der Waals surface area contributed by atoms with Gasteiger partial charge in [-0.15, -0.1) is 0 Å². The van der Waals surface area contributed by atoms with Crippen LogP contribution in [0.1, 0.15) is 29.6 Å². The van der Waals surface area contributed by atoms with Crippen molar-refractivity contribution >= 4 is 40.6 Å². The van der Waals surface area contributed by atoms with Gasteiger partial charge in [-0.25, -0.2) is 0 Å². The zero-order valence-electron chi connectivity index (χ0n) is 10.8. The van der Waals surface area contributed by atoms with Crippen molar-refractivity contribution in [2.24, 2.45) is 5.73 Å². The van der Waals surface area contributed by atoms with Crippen molar-refractivity contribution in [3.63, 3.8) is 0 Å². The summed E-state index contributed by atoms with van der Waals surface area (Å²) in [6.45, 7) is 0. The van der Waals surface area contributed by atoms with Crippen molar-refractivity contribution in [3.8, 4) is 0 Å². The molecular weight excluding hydrogens is 282 g/mol. The Morgan fingerprint density at radius 1 is 1.47 bits per heavy atom. The lowest BCUT2D eigenvalue weighted by Gasteiger charge is -2.18. The number of anilines is 2. The number of benzene rings is 1. The van der Waals surface area contributed by atoms with Gasteiger partial charge >= 0.3 is 0 Å². The van der Waals surface area contributed by atoms with Crippen molar-refractivity contribution in [2.75, 3.05) is 17.3 Å². The molecule has 1 aliphatic carbocycles. The number of nitrogen functional groups attached to an aromatic ring is 1. The highest BCUT2D eigenvalue weighted by molar-refractivity contribution is 7.99. The standard InChI is InChI=1S/C13H18ClN3OS/c1-19-9-3-2-8(6-9)17-12-10(13(16)18)4-7(15)5-11(12)14/h4-5,8-9,17H,2-3,6,15H2,1H3,(H2,16,18). The van der Waals surface area contributed by atoms with Crippen LogP contribution in [0.2, 0.25) is 5.02 Å². The quantitative estimate of drug-likeness (QED) is 0.747. The van der Waals surface area contributed by atoms with Gasteiger partial charge in [-0.2, -0.15) is 11.8 Å². The van der Waals surface area contributed by atoms with Crippen molar-refractivity contribution in [2.45, 2.75) is 30.6 Å². The van der Waals surface area contributed by atoms with Crippen LogP contribution < -0.4 is 16.8 Å². The van der Waals surface area contributed by atoms with Crippen LogP contribution in [0.3, 0.4) is 0 Å². The first-order valence-corrected chi connectivity index (χ1v) is 7.86. The monoisotopic (exact) mass is 299 g/mol. The van der Waals surface area contributed by atoms with Gasteiger partial charge in [-0.3, -0.25) is 4.79 Å². The van der Waals surface area contributed by atoms with Gasteiger partial charge in [0.1, 0.15) is 0 Å². The number of primary amides is 1. The number of nitrogens with one attached hydrogen (secondary N) is 1. The number of hydrogen-bond acceptors (Lipinski definition) is 4. The first-order valence-electron chi connectivity index (χ1n) is 6.19. The molecule has 4 nitrogen and oxygen atoms in total. The van der Waals surface area contributed by atoms with E-state index in [0.29, 0.717) is 33.3 Å². The molecule has 1 amide bonds. The van der Waals surface area contributed by atoms with E-state index in [2.05, 4.69) is 11.6 Å². The summed E-state index contributed by atoms with van der Waals surface area (Å²) in [5, 5.41) is 4.46. The molecule has 0 spiro atoms. The molecule has 2 atom stereocenters. The summed E-state index contributed by atoms with van der Waals surface area (Å²) in [6, 6.07) is 3.53. The lowest BCUT2D eigenvalue weighted by Crippen LogP contribution is -2.21. The van der Waals surface area contributed by atoms with Crippen LogP contribution in [0.4, 0.5) is 11.4 Å². The Morgan fingerprint density at radius 3 is 2.79 bits per heavy atom. The average molecular weight is 300 g/mol. The van der Waals surface area contributed by atoms with Crippen LogP contribution in [0.15, 0.2) is 12.1 Å². The van der Waals surface area contributed by atoms with E-state index in [9.17, 15) is 4.79 Å². The summed E-state index contributed by atoms with van der Waals surface area (Å²) in [4.78, 5) is 11.5. The van der Waals surface area contributed by atoms with Gasteiger partial charge in [-0.1, -0.05) is 11.6 Å². The van der Waals surface area contributed by atoms with E-state index >= 15 is 0 Å². The molecule has 1 saturated carbocycles. The number of rotatable bonds is 4. The highest BCUT2D eigenvalue weighted by atomic mass is 35.5. The minimum Gasteiger partial charge on any atom is -0.399 e. The molecule has 0 bridgehead atoms. The van der Waals surface area contributed by atoms with Crippen LogP contribution in [-0.4, -0.2) is 23.5 Å². The summed E-state index contributed by atoms with van der Waals surface area (Å²) in [6.07, 6.45) is 5.44. The third-order valence-electron chi connectivity index (χ3n) is 3.44. The Hall–Kier alpha value is -1.07. The second-order valence-corrected chi connectivity index (χ2v) is 6.35. The highest BCUT2D eigenvalue weighted by Gasteiger charge is 2.25. The van der Waals surface area contributed by atoms with E-state index in [1.165, 1.54) is 6.42 Å². The predicted octanol–water partition coefficient (Wildman–Crippen LogP) is 2.72. The molecule has 1 fully saturated rings. The fourth-order valence-corrected chi connectivity index (χ4v) is 3.54. The number of hydrogen-bond donors (Lipinski definition) is 3. The lowest BCUT2D eigenvalue weighted by atomic mass is 10.1. The van der Waals surface area contributed by atoms with E-state index in [0.717, 1.165) is 12.8 Å². The minimum atomic E-state index is -0.517. The maximum atomic E-state index is 11.5. The Labute approximate surface area is 122 Å². The number of nitrogens with two attached hydrogens (primary N) is 2. The predicted molar refractivity (Wildman–Crippen MR) is 82.9 cm³/mol. The Morgan fingerprint density at radius 2 is 2.21 bits per heavy atom. The van der Waals surface area contributed by atoms with Crippen LogP contribution in [0, 0.1) is 0 Å². The molecule has 1 aliphatic rings. The summed E-state index contributed by atoms with van der Waals surface area (Å²) >= 11 is 8.05. The van der Waals surface area contributed by atoms with Crippen LogP contribution >= 0.6 is 23.4 Å². The molecule has 1 aromatic rings. The second kappa shape index (κ2) is 5.92. The van der Waals surface area contributed by atoms with Crippen molar-refractivity contribution < 1.29 is 4.79 Å². The van der Waals surface area contributed by atoms with Gasteiger partial charge in [0.15, 0.2) is 0 Å². The first-order chi connectivity index (χ1) is 9.01. The van der Waals surface area contributed by atoms with Crippen molar-refractivity contribution in [1.29, 1.82) is 0 Å². The molecule has 104 valence electrons. The van der Waals surface area contributed by atoms with Gasteiger partial charge in [0.05, 0.1) is 16.3 Å². The van der Waals surface area contributed by atoms with Gasteiger partial charge in [0.2, 0.25) is 0 Å². The van der Waals surface area contributed by atoms with Gasteiger partial charge < -0.3 is 16.8 Å². The number of carbonyl (C=O) groups excluding carboxylic acids is 1. The van der Waals surface area contributed by atoms with E-state index in [4.69, 9.17) is 23.1 Å². The number of thioether (sulfide) groups is 1. The fourth-order valence-electron chi connectivity index (χ4n) is 2.46. The number of amides is 1. The maximum absolute atomic E-state index is 11.5. The van der Waals surface area contributed by atoms with E-state index in [-0.39, 0.29) is 0 Å². The first kappa shape index (κ1) is 14.3. The molecule has 0 heterocycles.